The number of carbonyl (C=O) groups is 1. The first kappa shape index (κ1) is 11.7. The third-order valence-corrected chi connectivity index (χ3v) is 4.29. The molecule has 96 valence electrons. The summed E-state index contributed by atoms with van der Waals surface area (Å²) < 4.78 is 0. The Kier molecular flexibility index (Phi) is 2.86. The van der Waals surface area contributed by atoms with Crippen molar-refractivity contribution in [1.29, 1.82) is 0 Å². The van der Waals surface area contributed by atoms with Gasteiger partial charge in [0.15, 0.2) is 0 Å². The zero-order valence-electron chi connectivity index (χ0n) is 10.7. The Morgan fingerprint density at radius 1 is 1.28 bits per heavy atom. The summed E-state index contributed by atoms with van der Waals surface area (Å²) >= 11 is 0. The Morgan fingerprint density at radius 2 is 2.00 bits per heavy atom. The van der Waals surface area contributed by atoms with E-state index in [4.69, 9.17) is 5.73 Å². The topological polar surface area (TPSA) is 46.3 Å². The van der Waals surface area contributed by atoms with Gasteiger partial charge in [0.2, 0.25) is 5.91 Å². The van der Waals surface area contributed by atoms with E-state index < -0.39 is 0 Å². The van der Waals surface area contributed by atoms with Crippen molar-refractivity contribution in [2.24, 2.45) is 5.73 Å². The fraction of sp³-hybridized carbons (Fsp3) is 0.533. The van der Waals surface area contributed by atoms with Crippen molar-refractivity contribution in [3.8, 4) is 0 Å². The minimum Gasteiger partial charge on any atom is -0.325 e. The van der Waals surface area contributed by atoms with Gasteiger partial charge in [-0.2, -0.15) is 0 Å². The number of fused-ring (bicyclic) bond motifs is 1. The van der Waals surface area contributed by atoms with Gasteiger partial charge in [0.05, 0.1) is 0 Å². The maximum absolute atomic E-state index is 12.4. The van der Waals surface area contributed by atoms with E-state index in [1.807, 2.05) is 23.1 Å². The van der Waals surface area contributed by atoms with Gasteiger partial charge in [-0.05, 0) is 30.9 Å². The number of nitrogens with zero attached hydrogens (tertiary/aromatic N) is 1. The maximum Gasteiger partial charge on any atom is 0.228 e. The van der Waals surface area contributed by atoms with E-state index in [1.54, 1.807) is 0 Å². The predicted octanol–water partition coefficient (Wildman–Crippen LogP) is 2.24. The average Bonchev–Trinajstić information content (AvgIpc) is 2.95. The standard InChI is InChI=1S/C15H20N2O/c16-15(8-3-4-9-15)11-14(18)17-10-7-12-5-1-2-6-13(12)17/h1-2,5-6H,3-4,7-11,16H2. The molecule has 0 radical (unpaired) electrons. The monoisotopic (exact) mass is 244 g/mol. The van der Waals surface area contributed by atoms with Crippen LogP contribution in [0.3, 0.4) is 0 Å². The molecule has 3 rings (SSSR count). The summed E-state index contributed by atoms with van der Waals surface area (Å²) in [7, 11) is 0. The van der Waals surface area contributed by atoms with Crippen LogP contribution in [0.4, 0.5) is 5.69 Å². The van der Waals surface area contributed by atoms with Crippen LogP contribution in [0.25, 0.3) is 0 Å². The normalized spacial score (nSPS) is 21.1. The van der Waals surface area contributed by atoms with Gasteiger partial charge >= 0.3 is 0 Å². The first-order valence-corrected chi connectivity index (χ1v) is 6.85. The van der Waals surface area contributed by atoms with Crippen LogP contribution in [0, 0.1) is 0 Å². The molecule has 1 amide bonds. The van der Waals surface area contributed by atoms with Crippen LogP contribution < -0.4 is 10.6 Å². The lowest BCUT2D eigenvalue weighted by molar-refractivity contribution is -0.119. The SMILES string of the molecule is NC1(CC(=O)N2CCc3ccccc32)CCCC1. The van der Waals surface area contributed by atoms with Crippen molar-refractivity contribution < 1.29 is 4.79 Å². The molecule has 1 aromatic rings. The zero-order valence-corrected chi connectivity index (χ0v) is 10.7. The van der Waals surface area contributed by atoms with Gasteiger partial charge in [0.25, 0.3) is 0 Å². The van der Waals surface area contributed by atoms with E-state index in [9.17, 15) is 4.79 Å². The number of rotatable bonds is 2. The summed E-state index contributed by atoms with van der Waals surface area (Å²) in [5.41, 5.74) is 8.43. The lowest BCUT2D eigenvalue weighted by Crippen LogP contribution is -2.43. The summed E-state index contributed by atoms with van der Waals surface area (Å²) in [6.07, 6.45) is 5.80. The van der Waals surface area contributed by atoms with Crippen LogP contribution in [0.15, 0.2) is 24.3 Å². The molecule has 0 atom stereocenters. The number of anilines is 1. The van der Waals surface area contributed by atoms with Crippen molar-refractivity contribution in [3.63, 3.8) is 0 Å². The molecule has 1 aliphatic carbocycles. The molecule has 0 bridgehead atoms. The fourth-order valence-electron chi connectivity index (χ4n) is 3.25. The summed E-state index contributed by atoms with van der Waals surface area (Å²) in [4.78, 5) is 14.3. The molecule has 1 aliphatic heterocycles. The Labute approximate surface area is 108 Å². The van der Waals surface area contributed by atoms with E-state index in [1.165, 1.54) is 18.4 Å². The van der Waals surface area contributed by atoms with Gasteiger partial charge in [-0.1, -0.05) is 31.0 Å². The Bertz CT molecular complexity index is 463. The average molecular weight is 244 g/mol. The molecule has 1 fully saturated rings. The highest BCUT2D eigenvalue weighted by Crippen LogP contribution is 2.33. The third-order valence-electron chi connectivity index (χ3n) is 4.29. The first-order chi connectivity index (χ1) is 8.68. The van der Waals surface area contributed by atoms with Gasteiger partial charge < -0.3 is 10.6 Å². The van der Waals surface area contributed by atoms with Crippen molar-refractivity contribution in [1.82, 2.24) is 0 Å². The number of amides is 1. The van der Waals surface area contributed by atoms with Crippen molar-refractivity contribution in [2.45, 2.75) is 44.1 Å². The molecule has 1 aromatic carbocycles. The number of benzene rings is 1. The summed E-state index contributed by atoms with van der Waals surface area (Å²) in [6, 6.07) is 8.18. The lowest BCUT2D eigenvalue weighted by atomic mass is 9.94. The summed E-state index contributed by atoms with van der Waals surface area (Å²) in [5, 5.41) is 0. The quantitative estimate of drug-likeness (QED) is 0.867. The highest BCUT2D eigenvalue weighted by molar-refractivity contribution is 5.96. The first-order valence-electron chi connectivity index (χ1n) is 6.85. The van der Waals surface area contributed by atoms with Gasteiger partial charge in [-0.15, -0.1) is 0 Å². The second-order valence-electron chi connectivity index (χ2n) is 5.67. The maximum atomic E-state index is 12.4. The van der Waals surface area contributed by atoms with E-state index in [-0.39, 0.29) is 11.4 Å². The molecule has 2 aliphatic rings. The highest BCUT2D eigenvalue weighted by atomic mass is 16.2. The minimum absolute atomic E-state index is 0.198. The molecule has 0 unspecified atom stereocenters. The summed E-state index contributed by atoms with van der Waals surface area (Å²) in [5.74, 6) is 0.198. The number of carbonyl (C=O) groups excluding carboxylic acids is 1. The molecule has 0 spiro atoms. The number of para-hydroxylation sites is 1. The fourth-order valence-corrected chi connectivity index (χ4v) is 3.25. The molecule has 0 aromatic heterocycles. The van der Waals surface area contributed by atoms with Crippen molar-refractivity contribution >= 4 is 11.6 Å². The molecule has 0 saturated heterocycles. The van der Waals surface area contributed by atoms with Crippen LogP contribution in [0.2, 0.25) is 0 Å². The van der Waals surface area contributed by atoms with Crippen molar-refractivity contribution in [2.75, 3.05) is 11.4 Å². The zero-order chi connectivity index (χ0) is 12.6. The van der Waals surface area contributed by atoms with Gasteiger partial charge in [-0.25, -0.2) is 0 Å². The van der Waals surface area contributed by atoms with E-state index in [0.717, 1.165) is 31.5 Å². The molecular formula is C15H20N2O. The molecule has 2 N–H and O–H groups in total. The van der Waals surface area contributed by atoms with Crippen LogP contribution in [-0.4, -0.2) is 18.0 Å². The van der Waals surface area contributed by atoms with Crippen molar-refractivity contribution in [3.05, 3.63) is 29.8 Å². The Hall–Kier alpha value is -1.35. The van der Waals surface area contributed by atoms with Gasteiger partial charge in [0.1, 0.15) is 0 Å². The second-order valence-corrected chi connectivity index (χ2v) is 5.67. The predicted molar refractivity (Wildman–Crippen MR) is 72.5 cm³/mol. The highest BCUT2D eigenvalue weighted by Gasteiger charge is 2.34. The van der Waals surface area contributed by atoms with E-state index in [0.29, 0.717) is 6.42 Å². The van der Waals surface area contributed by atoms with Crippen LogP contribution in [0.5, 0.6) is 0 Å². The number of hydrogen-bond donors (Lipinski definition) is 1. The number of nitrogens with two attached hydrogens (primary N) is 1. The molecule has 3 heteroatoms. The van der Waals surface area contributed by atoms with Gasteiger partial charge in [-0.3, -0.25) is 4.79 Å². The van der Waals surface area contributed by atoms with Crippen LogP contribution in [-0.2, 0) is 11.2 Å². The van der Waals surface area contributed by atoms with Crippen LogP contribution in [0.1, 0.15) is 37.7 Å². The minimum atomic E-state index is -0.241. The lowest BCUT2D eigenvalue weighted by Gasteiger charge is -2.26. The van der Waals surface area contributed by atoms with Crippen LogP contribution >= 0.6 is 0 Å². The molecular weight excluding hydrogens is 224 g/mol. The van der Waals surface area contributed by atoms with E-state index >= 15 is 0 Å². The smallest absolute Gasteiger partial charge is 0.228 e. The summed E-state index contributed by atoms with van der Waals surface area (Å²) in [6.45, 7) is 0.814. The molecule has 18 heavy (non-hydrogen) atoms. The Balaban J connectivity index is 1.74. The van der Waals surface area contributed by atoms with E-state index in [2.05, 4.69) is 6.07 Å². The molecule has 1 heterocycles. The Morgan fingerprint density at radius 3 is 2.78 bits per heavy atom. The number of hydrogen-bond acceptors (Lipinski definition) is 2. The second kappa shape index (κ2) is 4.39. The third kappa shape index (κ3) is 2.03. The molecule has 1 saturated carbocycles. The van der Waals surface area contributed by atoms with Gasteiger partial charge in [0, 0.05) is 24.2 Å². The largest absolute Gasteiger partial charge is 0.325 e. The molecule has 3 nitrogen and oxygen atoms in total.